The lowest BCUT2D eigenvalue weighted by Crippen LogP contribution is -2.26. The number of rotatable bonds is 3. The third-order valence-electron chi connectivity index (χ3n) is 2.92. The number of hydrogen-bond donors (Lipinski definition) is 1. The van der Waals surface area contributed by atoms with Crippen molar-refractivity contribution in [3.63, 3.8) is 0 Å². The number of nitrogens with zero attached hydrogens (tertiary/aromatic N) is 3. The van der Waals surface area contributed by atoms with Crippen LogP contribution in [0.3, 0.4) is 0 Å². The maximum Gasteiger partial charge on any atom is 0.388 e. The summed E-state index contributed by atoms with van der Waals surface area (Å²) in [6.45, 7) is -3.38. The van der Waals surface area contributed by atoms with Crippen LogP contribution in [0.4, 0.5) is 19.0 Å². The Morgan fingerprint density at radius 1 is 1.48 bits per heavy atom. The molecule has 23 heavy (non-hydrogen) atoms. The predicted molar refractivity (Wildman–Crippen MR) is 72.2 cm³/mol. The molecule has 0 bridgehead atoms. The molecule has 0 unspecified atom stereocenters. The van der Waals surface area contributed by atoms with Gasteiger partial charge in [-0.1, -0.05) is 11.6 Å². The van der Waals surface area contributed by atoms with Gasteiger partial charge in [-0.15, -0.1) is 0 Å². The largest absolute Gasteiger partial charge is 0.480 e. The van der Waals surface area contributed by atoms with E-state index < -0.39 is 24.2 Å². The molecule has 1 aliphatic rings. The molecule has 2 aromatic rings. The maximum atomic E-state index is 14.2. The molecule has 0 aromatic carbocycles. The van der Waals surface area contributed by atoms with Gasteiger partial charge in [0.15, 0.2) is 24.0 Å². The molecule has 0 spiro atoms. The SMILES string of the molecule is Cn1nc(-c2nc3c(cc2F)OCC(=O)N3)c(Cl)c1OC(F)F. The number of anilines is 1. The van der Waals surface area contributed by atoms with Crippen LogP contribution in [0.2, 0.25) is 5.02 Å². The number of pyridine rings is 1. The smallest absolute Gasteiger partial charge is 0.388 e. The van der Waals surface area contributed by atoms with E-state index in [1.165, 1.54) is 7.05 Å². The van der Waals surface area contributed by atoms with Crippen LogP contribution in [0.15, 0.2) is 6.07 Å². The number of nitrogens with one attached hydrogen (secondary N) is 1. The van der Waals surface area contributed by atoms with E-state index in [0.29, 0.717) is 0 Å². The van der Waals surface area contributed by atoms with Crippen LogP contribution in [0, 0.1) is 5.82 Å². The zero-order valence-corrected chi connectivity index (χ0v) is 12.2. The molecule has 1 amide bonds. The van der Waals surface area contributed by atoms with Gasteiger partial charge in [-0.2, -0.15) is 13.9 Å². The quantitative estimate of drug-likeness (QED) is 0.920. The number of ether oxygens (including phenoxy) is 2. The molecular weight excluding hydrogens is 341 g/mol. The minimum atomic E-state index is -3.12. The Hall–Kier alpha value is -2.49. The number of fused-ring (bicyclic) bond motifs is 1. The molecule has 2 aromatic heterocycles. The summed E-state index contributed by atoms with van der Waals surface area (Å²) in [6.07, 6.45) is 0. The summed E-state index contributed by atoms with van der Waals surface area (Å²) in [6, 6.07) is 0.996. The van der Waals surface area contributed by atoms with Gasteiger partial charge in [-0.3, -0.25) is 4.79 Å². The summed E-state index contributed by atoms with van der Waals surface area (Å²) in [7, 11) is 1.30. The van der Waals surface area contributed by atoms with E-state index >= 15 is 0 Å². The van der Waals surface area contributed by atoms with E-state index in [1.54, 1.807) is 0 Å². The first-order valence-corrected chi connectivity index (χ1v) is 6.55. The first-order chi connectivity index (χ1) is 10.9. The second kappa shape index (κ2) is 5.61. The van der Waals surface area contributed by atoms with Gasteiger partial charge < -0.3 is 14.8 Å². The normalized spacial score (nSPS) is 13.6. The van der Waals surface area contributed by atoms with E-state index in [1.807, 2.05) is 0 Å². The number of amides is 1. The molecule has 0 saturated heterocycles. The fourth-order valence-electron chi connectivity index (χ4n) is 2.00. The van der Waals surface area contributed by atoms with Crippen molar-refractivity contribution in [2.45, 2.75) is 6.61 Å². The van der Waals surface area contributed by atoms with E-state index in [0.717, 1.165) is 10.7 Å². The topological polar surface area (TPSA) is 78.3 Å². The molecule has 122 valence electrons. The Bertz CT molecular complexity index is 796. The van der Waals surface area contributed by atoms with Crippen molar-refractivity contribution in [1.29, 1.82) is 0 Å². The van der Waals surface area contributed by atoms with E-state index in [4.69, 9.17) is 16.3 Å². The highest BCUT2D eigenvalue weighted by Gasteiger charge is 2.26. The molecule has 0 radical (unpaired) electrons. The molecule has 11 heteroatoms. The summed E-state index contributed by atoms with van der Waals surface area (Å²) in [4.78, 5) is 15.2. The third-order valence-corrected chi connectivity index (χ3v) is 3.26. The lowest BCUT2D eigenvalue weighted by atomic mass is 10.2. The Balaban J connectivity index is 2.09. The number of alkyl halides is 2. The first-order valence-electron chi connectivity index (χ1n) is 6.17. The average Bonchev–Trinajstić information content (AvgIpc) is 2.74. The Labute approximate surface area is 132 Å². The maximum absolute atomic E-state index is 14.2. The van der Waals surface area contributed by atoms with Crippen LogP contribution in [0.25, 0.3) is 11.4 Å². The Morgan fingerprint density at radius 3 is 2.91 bits per heavy atom. The highest BCUT2D eigenvalue weighted by Crippen LogP contribution is 2.38. The van der Waals surface area contributed by atoms with Gasteiger partial charge in [0.05, 0.1) is 0 Å². The molecule has 1 aliphatic heterocycles. The summed E-state index contributed by atoms with van der Waals surface area (Å²) in [5.41, 5.74) is -0.538. The molecule has 0 saturated carbocycles. The van der Waals surface area contributed by atoms with Gasteiger partial charge in [0.25, 0.3) is 5.91 Å². The fourth-order valence-corrected chi connectivity index (χ4v) is 2.29. The zero-order valence-electron chi connectivity index (χ0n) is 11.4. The average molecular weight is 349 g/mol. The molecule has 0 aliphatic carbocycles. The minimum absolute atomic E-state index is 0.0179. The lowest BCUT2D eigenvalue weighted by Gasteiger charge is -2.17. The molecule has 1 N–H and O–H groups in total. The van der Waals surface area contributed by atoms with Gasteiger partial charge >= 0.3 is 6.61 Å². The Kier molecular flexibility index (Phi) is 3.76. The van der Waals surface area contributed by atoms with Gasteiger partial charge in [-0.05, 0) is 0 Å². The van der Waals surface area contributed by atoms with Crippen molar-refractivity contribution < 1.29 is 27.4 Å². The number of aromatic nitrogens is 3. The zero-order chi connectivity index (χ0) is 16.7. The van der Waals surface area contributed by atoms with Crippen molar-refractivity contribution in [2.24, 2.45) is 7.05 Å². The van der Waals surface area contributed by atoms with Gasteiger partial charge in [-0.25, -0.2) is 14.1 Å². The molecule has 3 rings (SSSR count). The van der Waals surface area contributed by atoms with Crippen LogP contribution >= 0.6 is 11.6 Å². The molecule has 0 fully saturated rings. The van der Waals surface area contributed by atoms with E-state index in [2.05, 4.69) is 20.1 Å². The van der Waals surface area contributed by atoms with Crippen LogP contribution in [0.5, 0.6) is 11.6 Å². The fraction of sp³-hybridized carbons (Fsp3) is 0.250. The predicted octanol–water partition coefficient (Wildman–Crippen LogP) is 2.21. The standard InChI is InChI=1S/C12H8ClF3N4O3/c1-20-11(23-12(15)16)7(13)9(19-20)8-4(14)2-5-10(18-8)17-6(21)3-22-5/h2,12H,3H2,1H3,(H,17,18,21). The monoisotopic (exact) mass is 348 g/mol. The summed E-state index contributed by atoms with van der Waals surface area (Å²) in [5, 5.41) is 5.90. The van der Waals surface area contributed by atoms with Gasteiger partial charge in [0, 0.05) is 13.1 Å². The molecular formula is C12H8ClF3N4O3. The number of hydrogen-bond acceptors (Lipinski definition) is 5. The highest BCUT2D eigenvalue weighted by atomic mass is 35.5. The number of carbonyl (C=O) groups is 1. The highest BCUT2D eigenvalue weighted by molar-refractivity contribution is 6.34. The molecule has 7 nitrogen and oxygen atoms in total. The minimum Gasteiger partial charge on any atom is -0.480 e. The van der Waals surface area contributed by atoms with Gasteiger partial charge in [0.1, 0.15) is 16.4 Å². The van der Waals surface area contributed by atoms with Gasteiger partial charge in [0.2, 0.25) is 5.88 Å². The summed E-state index contributed by atoms with van der Waals surface area (Å²) < 4.78 is 49.1. The lowest BCUT2D eigenvalue weighted by molar-refractivity contribution is -0.118. The van der Waals surface area contributed by atoms with Crippen molar-refractivity contribution in [3.05, 3.63) is 16.9 Å². The second-order valence-electron chi connectivity index (χ2n) is 4.47. The van der Waals surface area contributed by atoms with Crippen molar-refractivity contribution in [2.75, 3.05) is 11.9 Å². The molecule has 3 heterocycles. The van der Waals surface area contributed by atoms with Crippen LogP contribution in [-0.4, -0.2) is 33.9 Å². The van der Waals surface area contributed by atoms with E-state index in [-0.39, 0.29) is 34.6 Å². The van der Waals surface area contributed by atoms with Crippen LogP contribution in [-0.2, 0) is 11.8 Å². The molecule has 0 atom stereocenters. The third kappa shape index (κ3) is 2.77. The van der Waals surface area contributed by atoms with Crippen molar-refractivity contribution in [1.82, 2.24) is 14.8 Å². The number of halogens is 4. The first kappa shape index (κ1) is 15.4. The summed E-state index contributed by atoms with van der Waals surface area (Å²) in [5.74, 6) is -1.71. The van der Waals surface area contributed by atoms with E-state index in [9.17, 15) is 18.0 Å². The van der Waals surface area contributed by atoms with Crippen molar-refractivity contribution in [3.8, 4) is 23.0 Å². The second-order valence-corrected chi connectivity index (χ2v) is 4.85. The van der Waals surface area contributed by atoms with Crippen molar-refractivity contribution >= 4 is 23.3 Å². The van der Waals surface area contributed by atoms with Crippen LogP contribution in [0.1, 0.15) is 0 Å². The number of aryl methyl sites for hydroxylation is 1. The Morgan fingerprint density at radius 2 is 2.22 bits per heavy atom. The number of carbonyl (C=O) groups excluding carboxylic acids is 1. The summed E-state index contributed by atoms with van der Waals surface area (Å²) >= 11 is 5.93. The van der Waals surface area contributed by atoms with Crippen LogP contribution < -0.4 is 14.8 Å².